The molecule has 5 nitrogen and oxygen atoms in total. The molecule has 2 aromatic carbocycles. The molecule has 0 radical (unpaired) electrons. The number of benzene rings is 2. The van der Waals surface area contributed by atoms with Crippen molar-refractivity contribution >= 4 is 41.5 Å². The van der Waals surface area contributed by atoms with Crippen molar-refractivity contribution in [2.75, 3.05) is 27.3 Å². The molecule has 27 heavy (non-hydrogen) atoms. The van der Waals surface area contributed by atoms with Crippen LogP contribution in [0.3, 0.4) is 0 Å². The van der Waals surface area contributed by atoms with Gasteiger partial charge in [-0.3, -0.25) is 0 Å². The highest BCUT2D eigenvalue weighted by atomic mass is 127. The van der Waals surface area contributed by atoms with Crippen molar-refractivity contribution in [3.8, 4) is 11.5 Å². The standard InChI is InChI=1S/C20H26ClN3O2.HI/c1-4-22-20(23-12-11-16-7-5-6-8-17(16)21)24-14-15-9-10-18(25-2)19(13-15)26-3;/h5-10,13H,4,11-12,14H2,1-3H3,(H2,22,23,24);1H. The van der Waals surface area contributed by atoms with Gasteiger partial charge in [-0.15, -0.1) is 24.0 Å². The van der Waals surface area contributed by atoms with Crippen LogP contribution in [0, 0.1) is 0 Å². The Morgan fingerprint density at radius 1 is 1.04 bits per heavy atom. The van der Waals surface area contributed by atoms with Crippen LogP contribution < -0.4 is 20.1 Å². The third-order valence-corrected chi connectivity index (χ3v) is 4.23. The van der Waals surface area contributed by atoms with Crippen molar-refractivity contribution in [1.29, 1.82) is 0 Å². The van der Waals surface area contributed by atoms with Crippen molar-refractivity contribution in [3.05, 3.63) is 58.6 Å². The third-order valence-electron chi connectivity index (χ3n) is 3.86. The number of hydrogen-bond acceptors (Lipinski definition) is 3. The molecule has 0 saturated heterocycles. The number of guanidine groups is 1. The Kier molecular flexibility index (Phi) is 11.0. The molecule has 0 saturated carbocycles. The Bertz CT molecular complexity index is 741. The molecule has 0 fully saturated rings. The molecule has 0 amide bonds. The maximum atomic E-state index is 6.20. The van der Waals surface area contributed by atoms with Gasteiger partial charge in [0.25, 0.3) is 0 Å². The number of ether oxygens (including phenoxy) is 2. The maximum Gasteiger partial charge on any atom is 0.191 e. The van der Waals surface area contributed by atoms with Gasteiger partial charge in [-0.2, -0.15) is 0 Å². The molecular weight excluding hydrogens is 477 g/mol. The summed E-state index contributed by atoms with van der Waals surface area (Å²) in [6.07, 6.45) is 0.834. The molecule has 0 aliphatic heterocycles. The van der Waals surface area contributed by atoms with Gasteiger partial charge in [-0.25, -0.2) is 4.99 Å². The molecular formula is C20H27ClIN3O2. The molecule has 0 aliphatic carbocycles. The Morgan fingerprint density at radius 2 is 1.78 bits per heavy atom. The normalized spacial score (nSPS) is 10.7. The average Bonchev–Trinajstić information content (AvgIpc) is 2.67. The van der Waals surface area contributed by atoms with Gasteiger partial charge >= 0.3 is 0 Å². The monoisotopic (exact) mass is 503 g/mol. The van der Waals surface area contributed by atoms with Gasteiger partial charge in [0.1, 0.15) is 0 Å². The van der Waals surface area contributed by atoms with E-state index in [1.54, 1.807) is 14.2 Å². The zero-order valence-corrected chi connectivity index (χ0v) is 19.0. The van der Waals surface area contributed by atoms with Crippen molar-refractivity contribution in [2.24, 2.45) is 4.99 Å². The van der Waals surface area contributed by atoms with Crippen LogP contribution in [0.25, 0.3) is 0 Å². The van der Waals surface area contributed by atoms with Crippen LogP contribution in [-0.2, 0) is 13.0 Å². The Morgan fingerprint density at radius 3 is 2.44 bits per heavy atom. The number of nitrogens with zero attached hydrogens (tertiary/aromatic N) is 1. The van der Waals surface area contributed by atoms with E-state index in [4.69, 9.17) is 21.1 Å². The highest BCUT2D eigenvalue weighted by Crippen LogP contribution is 2.27. The molecule has 2 N–H and O–H groups in total. The summed E-state index contributed by atoms with van der Waals surface area (Å²) >= 11 is 6.20. The number of hydrogen-bond donors (Lipinski definition) is 2. The number of halogens is 2. The van der Waals surface area contributed by atoms with E-state index < -0.39 is 0 Å². The van der Waals surface area contributed by atoms with Crippen LogP contribution >= 0.6 is 35.6 Å². The molecule has 0 aromatic heterocycles. The second kappa shape index (κ2) is 12.7. The Labute approximate surface area is 183 Å². The third kappa shape index (κ3) is 7.46. The van der Waals surface area contributed by atoms with Gasteiger partial charge in [0.15, 0.2) is 17.5 Å². The summed E-state index contributed by atoms with van der Waals surface area (Å²) in [6, 6.07) is 13.7. The first-order valence-corrected chi connectivity index (χ1v) is 9.02. The fraction of sp³-hybridized carbons (Fsp3) is 0.350. The highest BCUT2D eigenvalue weighted by molar-refractivity contribution is 14.0. The zero-order chi connectivity index (χ0) is 18.8. The van der Waals surface area contributed by atoms with E-state index in [-0.39, 0.29) is 24.0 Å². The molecule has 0 aliphatic rings. The predicted molar refractivity (Wildman–Crippen MR) is 123 cm³/mol. The number of rotatable bonds is 8. The van der Waals surface area contributed by atoms with E-state index in [1.165, 1.54) is 0 Å². The van der Waals surface area contributed by atoms with Crippen LogP contribution in [0.1, 0.15) is 18.1 Å². The summed E-state index contributed by atoms with van der Waals surface area (Å²) in [7, 11) is 3.26. The van der Waals surface area contributed by atoms with Gasteiger partial charge in [0.2, 0.25) is 0 Å². The molecule has 2 aromatic rings. The lowest BCUT2D eigenvalue weighted by molar-refractivity contribution is 0.354. The topological polar surface area (TPSA) is 54.9 Å². The molecule has 0 heterocycles. The minimum Gasteiger partial charge on any atom is -0.493 e. The first-order valence-electron chi connectivity index (χ1n) is 8.64. The summed E-state index contributed by atoms with van der Waals surface area (Å²) < 4.78 is 10.6. The number of nitrogens with one attached hydrogen (secondary N) is 2. The molecule has 0 unspecified atom stereocenters. The van der Waals surface area contributed by atoms with Crippen LogP contribution in [0.5, 0.6) is 11.5 Å². The van der Waals surface area contributed by atoms with Crippen LogP contribution in [0.4, 0.5) is 0 Å². The number of methoxy groups -OCH3 is 2. The summed E-state index contributed by atoms with van der Waals surface area (Å²) in [5, 5.41) is 7.39. The van der Waals surface area contributed by atoms with Crippen molar-refractivity contribution in [2.45, 2.75) is 19.9 Å². The minimum absolute atomic E-state index is 0. The highest BCUT2D eigenvalue weighted by Gasteiger charge is 2.05. The van der Waals surface area contributed by atoms with Gasteiger partial charge < -0.3 is 20.1 Å². The van der Waals surface area contributed by atoms with Crippen LogP contribution in [-0.4, -0.2) is 33.3 Å². The maximum absolute atomic E-state index is 6.20. The second-order valence-corrected chi connectivity index (χ2v) is 6.06. The van der Waals surface area contributed by atoms with E-state index in [0.717, 1.165) is 41.6 Å². The summed E-state index contributed by atoms with van der Waals surface area (Å²) in [6.45, 7) is 4.13. The first-order chi connectivity index (χ1) is 12.7. The van der Waals surface area contributed by atoms with Crippen molar-refractivity contribution in [3.63, 3.8) is 0 Å². The summed E-state index contributed by atoms with van der Waals surface area (Å²) in [5.74, 6) is 2.19. The van der Waals surface area contributed by atoms with Crippen LogP contribution in [0.15, 0.2) is 47.5 Å². The van der Waals surface area contributed by atoms with Crippen molar-refractivity contribution < 1.29 is 9.47 Å². The van der Waals surface area contributed by atoms with E-state index in [0.29, 0.717) is 18.0 Å². The largest absolute Gasteiger partial charge is 0.493 e. The minimum atomic E-state index is 0. The van der Waals surface area contributed by atoms with Gasteiger partial charge in [0, 0.05) is 18.1 Å². The summed E-state index contributed by atoms with van der Waals surface area (Å²) in [4.78, 5) is 4.63. The summed E-state index contributed by atoms with van der Waals surface area (Å²) in [5.41, 5.74) is 2.17. The number of aliphatic imine (C=N–C) groups is 1. The first kappa shape index (κ1) is 23.4. The lowest BCUT2D eigenvalue weighted by Gasteiger charge is -2.12. The lowest BCUT2D eigenvalue weighted by atomic mass is 10.1. The van der Waals surface area contributed by atoms with E-state index >= 15 is 0 Å². The lowest BCUT2D eigenvalue weighted by Crippen LogP contribution is -2.38. The smallest absolute Gasteiger partial charge is 0.191 e. The van der Waals surface area contributed by atoms with E-state index in [1.807, 2.05) is 49.4 Å². The SMILES string of the molecule is CCNC(=NCc1ccc(OC)c(OC)c1)NCCc1ccccc1Cl.I. The molecule has 148 valence electrons. The molecule has 2 rings (SSSR count). The second-order valence-electron chi connectivity index (χ2n) is 5.65. The average molecular weight is 504 g/mol. The van der Waals surface area contributed by atoms with Gasteiger partial charge in [-0.05, 0) is 42.7 Å². The quantitative estimate of drug-likeness (QED) is 0.321. The van der Waals surface area contributed by atoms with Gasteiger partial charge in [-0.1, -0.05) is 35.9 Å². The fourth-order valence-corrected chi connectivity index (χ4v) is 2.74. The van der Waals surface area contributed by atoms with E-state index in [2.05, 4.69) is 15.6 Å². The Balaban J connectivity index is 0.00000364. The molecule has 0 bridgehead atoms. The van der Waals surface area contributed by atoms with Crippen LogP contribution in [0.2, 0.25) is 5.02 Å². The fourth-order valence-electron chi connectivity index (χ4n) is 2.51. The van der Waals surface area contributed by atoms with Gasteiger partial charge in [0.05, 0.1) is 20.8 Å². The predicted octanol–water partition coefficient (Wildman–Crippen LogP) is 4.27. The van der Waals surface area contributed by atoms with E-state index in [9.17, 15) is 0 Å². The molecule has 7 heteroatoms. The molecule has 0 spiro atoms. The Hall–Kier alpha value is -1.67. The van der Waals surface area contributed by atoms with Crippen molar-refractivity contribution in [1.82, 2.24) is 10.6 Å². The molecule has 0 atom stereocenters. The zero-order valence-electron chi connectivity index (χ0n) is 15.9.